The zero-order valence-electron chi connectivity index (χ0n) is 13.7. The first kappa shape index (κ1) is 17.1. The normalized spacial score (nSPS) is 10.8. The zero-order chi connectivity index (χ0) is 18.4. The number of phenols is 1. The first-order valence-electron chi connectivity index (χ1n) is 7.86. The molecule has 7 nitrogen and oxygen atoms in total. The van der Waals surface area contributed by atoms with Crippen molar-refractivity contribution in [2.45, 2.75) is 0 Å². The molecule has 3 N–H and O–H groups in total. The molecule has 0 saturated carbocycles. The summed E-state index contributed by atoms with van der Waals surface area (Å²) in [5.74, 6) is -0.797. The van der Waals surface area contributed by atoms with Crippen molar-refractivity contribution in [2.24, 2.45) is 5.10 Å². The first-order chi connectivity index (χ1) is 12.6. The fourth-order valence-corrected chi connectivity index (χ4v) is 2.39. The highest BCUT2D eigenvalue weighted by Gasteiger charge is 2.07. The minimum absolute atomic E-state index is 0.0627. The van der Waals surface area contributed by atoms with Crippen molar-refractivity contribution < 1.29 is 14.7 Å². The number of hydrogen-bond donors (Lipinski definition) is 3. The molecular weight excluding hydrogens is 332 g/mol. The Morgan fingerprint density at radius 2 is 1.85 bits per heavy atom. The van der Waals surface area contributed by atoms with Crippen LogP contribution in [-0.2, 0) is 4.79 Å². The number of phenolic OH excluding ortho intramolecular Hbond substituents is 1. The third kappa shape index (κ3) is 4.02. The fourth-order valence-electron chi connectivity index (χ4n) is 2.39. The number of hydrogen-bond acceptors (Lipinski definition) is 5. The largest absolute Gasteiger partial charge is 0.507 e. The van der Waals surface area contributed by atoms with Crippen molar-refractivity contribution in [1.82, 2.24) is 15.7 Å². The van der Waals surface area contributed by atoms with Crippen LogP contribution in [0.4, 0.5) is 0 Å². The molecule has 26 heavy (non-hydrogen) atoms. The molecule has 2 aromatic carbocycles. The van der Waals surface area contributed by atoms with Gasteiger partial charge in [-0.15, -0.1) is 0 Å². The molecule has 3 aromatic rings. The van der Waals surface area contributed by atoms with Crippen molar-refractivity contribution >= 4 is 28.8 Å². The Morgan fingerprint density at radius 1 is 1.08 bits per heavy atom. The molecule has 0 bridgehead atoms. The lowest BCUT2D eigenvalue weighted by molar-refractivity contribution is -0.120. The molecule has 0 aliphatic rings. The van der Waals surface area contributed by atoms with Crippen LogP contribution in [0.15, 0.2) is 66.0 Å². The van der Waals surface area contributed by atoms with Crippen LogP contribution in [0.5, 0.6) is 5.75 Å². The van der Waals surface area contributed by atoms with Gasteiger partial charge in [0.25, 0.3) is 11.8 Å². The Bertz CT molecular complexity index is 971. The lowest BCUT2D eigenvalue weighted by Gasteiger charge is -2.05. The van der Waals surface area contributed by atoms with Gasteiger partial charge >= 0.3 is 0 Å². The second kappa shape index (κ2) is 7.89. The van der Waals surface area contributed by atoms with Gasteiger partial charge in [0.1, 0.15) is 5.75 Å². The average molecular weight is 348 g/mol. The van der Waals surface area contributed by atoms with Gasteiger partial charge in [0, 0.05) is 23.5 Å². The summed E-state index contributed by atoms with van der Waals surface area (Å²) >= 11 is 0. The number of nitrogens with zero attached hydrogens (tertiary/aromatic N) is 2. The maximum atomic E-state index is 11.8. The Labute approximate surface area is 149 Å². The lowest BCUT2D eigenvalue weighted by atomic mass is 10.0. The molecule has 1 aromatic heterocycles. The van der Waals surface area contributed by atoms with Crippen LogP contribution in [0.3, 0.4) is 0 Å². The van der Waals surface area contributed by atoms with E-state index in [0.29, 0.717) is 11.1 Å². The number of carbonyl (C=O) groups excluding carboxylic acids is 2. The van der Waals surface area contributed by atoms with Gasteiger partial charge in [-0.05, 0) is 29.0 Å². The van der Waals surface area contributed by atoms with Crippen LogP contribution in [0.25, 0.3) is 10.8 Å². The van der Waals surface area contributed by atoms with Gasteiger partial charge < -0.3 is 10.4 Å². The van der Waals surface area contributed by atoms with E-state index in [-0.39, 0.29) is 18.2 Å². The van der Waals surface area contributed by atoms with Crippen LogP contribution in [-0.4, -0.2) is 34.7 Å². The topological polar surface area (TPSA) is 104 Å². The molecule has 7 heteroatoms. The molecule has 3 rings (SSSR count). The molecule has 0 unspecified atom stereocenters. The van der Waals surface area contributed by atoms with Crippen LogP contribution in [0.1, 0.15) is 15.9 Å². The van der Waals surface area contributed by atoms with Gasteiger partial charge in [-0.3, -0.25) is 14.6 Å². The first-order valence-corrected chi connectivity index (χ1v) is 7.86. The Hall–Kier alpha value is -3.74. The number of hydrazone groups is 1. The van der Waals surface area contributed by atoms with E-state index in [1.165, 1.54) is 18.6 Å². The number of nitrogens with one attached hydrogen (secondary N) is 2. The lowest BCUT2D eigenvalue weighted by Crippen LogP contribution is -2.34. The smallest absolute Gasteiger partial charge is 0.259 e. The number of aromatic nitrogens is 1. The maximum Gasteiger partial charge on any atom is 0.259 e. The summed E-state index contributed by atoms with van der Waals surface area (Å²) in [4.78, 5) is 27.5. The van der Waals surface area contributed by atoms with E-state index in [0.717, 1.165) is 10.8 Å². The van der Waals surface area contributed by atoms with Crippen molar-refractivity contribution in [1.29, 1.82) is 0 Å². The van der Waals surface area contributed by atoms with Gasteiger partial charge in [-0.2, -0.15) is 5.10 Å². The van der Waals surface area contributed by atoms with Crippen LogP contribution in [0, 0.1) is 0 Å². The summed E-state index contributed by atoms with van der Waals surface area (Å²) in [5, 5.41) is 18.1. The summed E-state index contributed by atoms with van der Waals surface area (Å²) in [6, 6.07) is 14.0. The molecule has 0 atom stereocenters. The average Bonchev–Trinajstić information content (AvgIpc) is 2.68. The molecule has 0 aliphatic heterocycles. The fraction of sp³-hybridized carbons (Fsp3) is 0.0526. The third-order valence-electron chi connectivity index (χ3n) is 3.68. The van der Waals surface area contributed by atoms with Gasteiger partial charge in [-0.1, -0.05) is 30.3 Å². The van der Waals surface area contributed by atoms with E-state index < -0.39 is 5.91 Å². The minimum atomic E-state index is -0.483. The predicted octanol–water partition coefficient (Wildman–Crippen LogP) is 1.82. The molecule has 0 saturated heterocycles. The van der Waals surface area contributed by atoms with E-state index in [1.54, 1.807) is 24.3 Å². The molecule has 1 heterocycles. The molecule has 0 fully saturated rings. The number of carbonyl (C=O) groups is 2. The van der Waals surface area contributed by atoms with Gasteiger partial charge in [0.2, 0.25) is 0 Å². The van der Waals surface area contributed by atoms with Crippen molar-refractivity contribution in [3.63, 3.8) is 0 Å². The van der Waals surface area contributed by atoms with Gasteiger partial charge in [-0.25, -0.2) is 5.43 Å². The van der Waals surface area contributed by atoms with Gasteiger partial charge in [0.05, 0.1) is 12.8 Å². The van der Waals surface area contributed by atoms with Crippen LogP contribution < -0.4 is 10.7 Å². The number of benzene rings is 2. The predicted molar refractivity (Wildman–Crippen MR) is 97.9 cm³/mol. The summed E-state index contributed by atoms with van der Waals surface area (Å²) < 4.78 is 0. The second-order valence-corrected chi connectivity index (χ2v) is 5.43. The maximum absolute atomic E-state index is 11.8. The van der Waals surface area contributed by atoms with E-state index in [1.807, 2.05) is 24.3 Å². The van der Waals surface area contributed by atoms with Gasteiger partial charge in [0.15, 0.2) is 0 Å². The van der Waals surface area contributed by atoms with E-state index in [9.17, 15) is 14.7 Å². The molecule has 2 amide bonds. The molecule has 0 spiro atoms. The van der Waals surface area contributed by atoms with Crippen LogP contribution >= 0.6 is 0 Å². The monoisotopic (exact) mass is 348 g/mol. The van der Waals surface area contributed by atoms with E-state index in [2.05, 4.69) is 20.8 Å². The highest BCUT2D eigenvalue weighted by Crippen LogP contribution is 2.25. The quantitative estimate of drug-likeness (QED) is 0.483. The van der Waals surface area contributed by atoms with Crippen molar-refractivity contribution in [3.05, 3.63) is 72.1 Å². The second-order valence-electron chi connectivity index (χ2n) is 5.43. The number of amides is 2. The van der Waals surface area contributed by atoms with E-state index >= 15 is 0 Å². The zero-order valence-corrected chi connectivity index (χ0v) is 13.7. The minimum Gasteiger partial charge on any atom is -0.507 e. The molecular formula is C19H16N4O3. The summed E-state index contributed by atoms with van der Waals surface area (Å²) in [6.07, 6.45) is 4.37. The SMILES string of the molecule is O=C(CNC(=O)c1ccncc1)N/N=C\c1c(O)ccc2ccccc12. The summed E-state index contributed by atoms with van der Waals surface area (Å²) in [7, 11) is 0. The molecule has 0 aliphatic carbocycles. The number of pyridine rings is 1. The summed E-state index contributed by atoms with van der Waals surface area (Å²) in [6.45, 7) is -0.222. The molecule has 130 valence electrons. The summed E-state index contributed by atoms with van der Waals surface area (Å²) in [5.41, 5.74) is 3.24. The van der Waals surface area contributed by atoms with Crippen molar-refractivity contribution in [3.8, 4) is 5.75 Å². The van der Waals surface area contributed by atoms with E-state index in [4.69, 9.17) is 0 Å². The Kier molecular flexibility index (Phi) is 5.19. The standard InChI is InChI=1S/C19H16N4O3/c24-17-6-5-13-3-1-2-4-15(13)16(17)11-22-23-18(25)12-21-19(26)14-7-9-20-10-8-14/h1-11,24H,12H2,(H,21,26)(H,23,25)/b22-11-. The molecule has 0 radical (unpaired) electrons. The third-order valence-corrected chi connectivity index (χ3v) is 3.68. The van der Waals surface area contributed by atoms with Crippen molar-refractivity contribution in [2.75, 3.05) is 6.54 Å². The van der Waals surface area contributed by atoms with Crippen LogP contribution in [0.2, 0.25) is 0 Å². The number of fused-ring (bicyclic) bond motifs is 1. The number of aromatic hydroxyl groups is 1. The Balaban J connectivity index is 1.60. The Morgan fingerprint density at radius 3 is 2.65 bits per heavy atom. The number of rotatable bonds is 5. The highest BCUT2D eigenvalue weighted by atomic mass is 16.3. The highest BCUT2D eigenvalue weighted by molar-refractivity contribution is 6.02.